The molecule has 4 heteroatoms. The van der Waals surface area contributed by atoms with Gasteiger partial charge in [0.05, 0.1) is 0 Å². The fourth-order valence-corrected chi connectivity index (χ4v) is 2.93. The van der Waals surface area contributed by atoms with Gasteiger partial charge in [0.25, 0.3) is 0 Å². The maximum atomic E-state index is 13.4. The highest BCUT2D eigenvalue weighted by atomic mass is 32.1. The van der Waals surface area contributed by atoms with Crippen molar-refractivity contribution < 1.29 is 8.78 Å². The quantitative estimate of drug-likeness (QED) is 0.780. The van der Waals surface area contributed by atoms with Crippen LogP contribution in [-0.4, -0.2) is 6.54 Å². The smallest absolute Gasteiger partial charge is 0.126 e. The minimum absolute atomic E-state index is 0.0138. The van der Waals surface area contributed by atoms with Gasteiger partial charge >= 0.3 is 0 Å². The van der Waals surface area contributed by atoms with Crippen molar-refractivity contribution in [2.75, 3.05) is 6.54 Å². The number of benzene rings is 1. The molecule has 2 aromatic rings. The number of aryl methyl sites for hydroxylation is 1. The lowest BCUT2D eigenvalue weighted by atomic mass is 9.99. The third kappa shape index (κ3) is 4.39. The summed E-state index contributed by atoms with van der Waals surface area (Å²) < 4.78 is 26.7. The maximum absolute atomic E-state index is 13.4. The van der Waals surface area contributed by atoms with E-state index in [4.69, 9.17) is 0 Å². The molecule has 0 aliphatic heterocycles. The summed E-state index contributed by atoms with van der Waals surface area (Å²) in [4.78, 5) is 0. The molecule has 0 saturated carbocycles. The van der Waals surface area contributed by atoms with Crippen LogP contribution in [0.3, 0.4) is 0 Å². The highest BCUT2D eigenvalue weighted by Gasteiger charge is 2.13. The van der Waals surface area contributed by atoms with Crippen molar-refractivity contribution in [3.05, 3.63) is 57.8 Å². The van der Waals surface area contributed by atoms with Gasteiger partial charge in [0.15, 0.2) is 0 Å². The largest absolute Gasteiger partial charge is 0.310 e. The van der Waals surface area contributed by atoms with E-state index in [1.54, 1.807) is 11.3 Å². The summed E-state index contributed by atoms with van der Waals surface area (Å²) in [5.74, 6) is -1.03. The Hall–Kier alpha value is -1.26. The van der Waals surface area contributed by atoms with Crippen molar-refractivity contribution in [1.82, 2.24) is 5.32 Å². The Morgan fingerprint density at radius 3 is 2.55 bits per heavy atom. The molecular formula is C16H19F2NS. The normalized spacial score (nSPS) is 12.6. The Balaban J connectivity index is 2.09. The van der Waals surface area contributed by atoms with Crippen molar-refractivity contribution in [3.8, 4) is 0 Å². The van der Waals surface area contributed by atoms with E-state index in [-0.39, 0.29) is 6.04 Å². The zero-order valence-corrected chi connectivity index (χ0v) is 12.4. The SMILES string of the molecule is CCCNC(CCc1ccsc1)c1cc(F)cc(F)c1. The molecule has 0 spiro atoms. The molecule has 1 unspecified atom stereocenters. The molecule has 0 amide bonds. The number of halogens is 2. The van der Waals surface area contributed by atoms with E-state index in [0.29, 0.717) is 5.56 Å². The fraction of sp³-hybridized carbons (Fsp3) is 0.375. The monoisotopic (exact) mass is 295 g/mol. The van der Waals surface area contributed by atoms with Gasteiger partial charge in [0.1, 0.15) is 11.6 Å². The molecule has 0 bridgehead atoms. The Bertz CT molecular complexity index is 505. The molecule has 1 atom stereocenters. The van der Waals surface area contributed by atoms with E-state index in [1.165, 1.54) is 17.7 Å². The zero-order valence-electron chi connectivity index (χ0n) is 11.5. The van der Waals surface area contributed by atoms with E-state index in [9.17, 15) is 8.78 Å². The van der Waals surface area contributed by atoms with Gasteiger partial charge in [-0.2, -0.15) is 11.3 Å². The highest BCUT2D eigenvalue weighted by molar-refractivity contribution is 7.07. The van der Waals surface area contributed by atoms with Gasteiger partial charge < -0.3 is 5.32 Å². The van der Waals surface area contributed by atoms with Crippen molar-refractivity contribution in [2.24, 2.45) is 0 Å². The fourth-order valence-electron chi connectivity index (χ4n) is 2.23. The summed E-state index contributed by atoms with van der Waals surface area (Å²) >= 11 is 1.67. The van der Waals surface area contributed by atoms with Crippen LogP contribution < -0.4 is 5.32 Å². The second-order valence-corrected chi connectivity index (χ2v) is 5.66. The molecule has 1 heterocycles. The summed E-state index contributed by atoms with van der Waals surface area (Å²) in [7, 11) is 0. The van der Waals surface area contributed by atoms with Gasteiger partial charge in [0.2, 0.25) is 0 Å². The summed E-state index contributed by atoms with van der Waals surface area (Å²) in [6, 6.07) is 5.83. The Morgan fingerprint density at radius 1 is 1.20 bits per heavy atom. The number of nitrogens with one attached hydrogen (secondary N) is 1. The van der Waals surface area contributed by atoms with Crippen molar-refractivity contribution >= 4 is 11.3 Å². The number of thiophene rings is 1. The van der Waals surface area contributed by atoms with E-state index >= 15 is 0 Å². The van der Waals surface area contributed by atoms with Crippen LogP contribution in [0.1, 0.15) is 36.9 Å². The van der Waals surface area contributed by atoms with Crippen molar-refractivity contribution in [2.45, 2.75) is 32.2 Å². The van der Waals surface area contributed by atoms with Gasteiger partial charge in [-0.25, -0.2) is 8.78 Å². The van der Waals surface area contributed by atoms with E-state index in [0.717, 1.165) is 31.9 Å². The van der Waals surface area contributed by atoms with Gasteiger partial charge in [0, 0.05) is 12.1 Å². The molecule has 1 N–H and O–H groups in total. The van der Waals surface area contributed by atoms with E-state index in [1.807, 2.05) is 5.38 Å². The predicted molar refractivity (Wildman–Crippen MR) is 80.0 cm³/mol. The Labute approximate surface area is 122 Å². The van der Waals surface area contributed by atoms with Crippen LogP contribution in [0.4, 0.5) is 8.78 Å². The minimum atomic E-state index is -0.515. The summed E-state index contributed by atoms with van der Waals surface area (Å²) in [5, 5.41) is 7.53. The third-order valence-corrected chi connectivity index (χ3v) is 3.96. The molecule has 1 aromatic carbocycles. The molecule has 0 aliphatic rings. The van der Waals surface area contributed by atoms with Crippen LogP contribution in [0, 0.1) is 11.6 Å². The van der Waals surface area contributed by atoms with Crippen LogP contribution in [0.2, 0.25) is 0 Å². The lowest BCUT2D eigenvalue weighted by Gasteiger charge is -2.19. The molecule has 1 aromatic heterocycles. The van der Waals surface area contributed by atoms with Gasteiger partial charge in [-0.3, -0.25) is 0 Å². The van der Waals surface area contributed by atoms with Crippen LogP contribution in [0.25, 0.3) is 0 Å². The predicted octanol–water partition coefficient (Wildman–Crippen LogP) is 4.70. The lowest BCUT2D eigenvalue weighted by molar-refractivity contribution is 0.490. The molecule has 20 heavy (non-hydrogen) atoms. The lowest BCUT2D eigenvalue weighted by Crippen LogP contribution is -2.23. The molecule has 0 saturated heterocycles. The van der Waals surface area contributed by atoms with Gasteiger partial charge in [-0.05, 0) is 65.9 Å². The molecule has 108 valence electrons. The standard InChI is InChI=1S/C16H19F2NS/c1-2-6-19-16(4-3-12-5-7-20-11-12)13-8-14(17)10-15(18)9-13/h5,7-11,16,19H,2-4,6H2,1H3. The summed E-state index contributed by atoms with van der Waals surface area (Å²) in [5.41, 5.74) is 1.96. The molecule has 2 rings (SSSR count). The van der Waals surface area contributed by atoms with Gasteiger partial charge in [-0.1, -0.05) is 6.92 Å². The average molecular weight is 295 g/mol. The highest BCUT2D eigenvalue weighted by Crippen LogP contribution is 2.22. The maximum Gasteiger partial charge on any atom is 0.126 e. The van der Waals surface area contributed by atoms with E-state index < -0.39 is 11.6 Å². The van der Waals surface area contributed by atoms with Crippen molar-refractivity contribution in [1.29, 1.82) is 0 Å². The summed E-state index contributed by atoms with van der Waals surface area (Å²) in [6.07, 6.45) is 2.73. The van der Waals surface area contributed by atoms with E-state index in [2.05, 4.69) is 23.7 Å². The number of hydrogen-bond donors (Lipinski definition) is 1. The molecular weight excluding hydrogens is 276 g/mol. The first-order chi connectivity index (χ1) is 9.69. The number of rotatable bonds is 7. The second-order valence-electron chi connectivity index (χ2n) is 4.88. The molecule has 0 radical (unpaired) electrons. The van der Waals surface area contributed by atoms with Crippen LogP contribution in [0.15, 0.2) is 35.0 Å². The molecule has 0 aliphatic carbocycles. The topological polar surface area (TPSA) is 12.0 Å². The first-order valence-corrected chi connectivity index (χ1v) is 7.83. The summed E-state index contributed by atoms with van der Waals surface area (Å²) in [6.45, 7) is 2.92. The average Bonchev–Trinajstić information content (AvgIpc) is 2.91. The zero-order chi connectivity index (χ0) is 14.4. The minimum Gasteiger partial charge on any atom is -0.310 e. The molecule has 1 nitrogen and oxygen atoms in total. The molecule has 0 fully saturated rings. The first-order valence-electron chi connectivity index (χ1n) is 6.89. The Kier molecular flexibility index (Phi) is 5.68. The first kappa shape index (κ1) is 15.1. The second kappa shape index (κ2) is 7.50. The van der Waals surface area contributed by atoms with Crippen molar-refractivity contribution in [3.63, 3.8) is 0 Å². The van der Waals surface area contributed by atoms with Crippen LogP contribution in [0.5, 0.6) is 0 Å². The number of hydrogen-bond acceptors (Lipinski definition) is 2. The van der Waals surface area contributed by atoms with Crippen LogP contribution >= 0.6 is 11.3 Å². The Morgan fingerprint density at radius 2 is 1.95 bits per heavy atom. The third-order valence-electron chi connectivity index (χ3n) is 3.23. The van der Waals surface area contributed by atoms with Crippen LogP contribution in [-0.2, 0) is 6.42 Å². The van der Waals surface area contributed by atoms with Gasteiger partial charge in [-0.15, -0.1) is 0 Å².